The van der Waals surface area contributed by atoms with E-state index in [1.54, 1.807) is 0 Å². The van der Waals surface area contributed by atoms with Gasteiger partial charge in [-0.3, -0.25) is 0 Å². The number of rotatable bonds is 3. The molecule has 2 atom stereocenters. The number of hydrogen-bond donors (Lipinski definition) is 1. The molecular weight excluding hydrogens is 230 g/mol. The Labute approximate surface area is 118 Å². The highest BCUT2D eigenvalue weighted by Crippen LogP contribution is 2.47. The summed E-state index contributed by atoms with van der Waals surface area (Å²) >= 11 is 0. The molecule has 19 heavy (non-hydrogen) atoms. The molecule has 0 bridgehead atoms. The molecule has 1 fully saturated rings. The van der Waals surface area contributed by atoms with E-state index in [0.29, 0.717) is 0 Å². The lowest BCUT2D eigenvalue weighted by molar-refractivity contribution is 0.414. The van der Waals surface area contributed by atoms with Gasteiger partial charge >= 0.3 is 0 Å². The second-order valence-electron chi connectivity index (χ2n) is 8.11. The molecule has 1 saturated carbocycles. The molecule has 2 rings (SSSR count). The van der Waals surface area contributed by atoms with Crippen LogP contribution in [0.2, 0.25) is 0 Å². The summed E-state index contributed by atoms with van der Waals surface area (Å²) in [6.07, 6.45) is 1.35. The summed E-state index contributed by atoms with van der Waals surface area (Å²) in [5, 5.41) is 3.62. The zero-order chi connectivity index (χ0) is 14.3. The molecule has 1 nitrogen and oxygen atoms in total. The van der Waals surface area contributed by atoms with Crippen molar-refractivity contribution in [3.8, 4) is 0 Å². The Morgan fingerprint density at radius 1 is 1.00 bits per heavy atom. The summed E-state index contributed by atoms with van der Waals surface area (Å²) in [7, 11) is 0. The maximum atomic E-state index is 3.62. The van der Waals surface area contributed by atoms with Gasteiger partial charge in [0.2, 0.25) is 0 Å². The second-order valence-corrected chi connectivity index (χ2v) is 8.11. The zero-order valence-electron chi connectivity index (χ0n) is 13.4. The molecule has 0 spiro atoms. The summed E-state index contributed by atoms with van der Waals surface area (Å²) in [6, 6.07) is 9.29. The third-order valence-electron chi connectivity index (χ3n) is 4.02. The Kier molecular flexibility index (Phi) is 3.79. The molecule has 106 valence electrons. The molecule has 1 aromatic rings. The molecule has 0 radical (unpaired) electrons. The first kappa shape index (κ1) is 14.6. The van der Waals surface area contributed by atoms with E-state index in [1.807, 2.05) is 0 Å². The number of hydrogen-bond acceptors (Lipinski definition) is 1. The fraction of sp³-hybridized carbons (Fsp3) is 0.667. The highest BCUT2D eigenvalue weighted by Gasteiger charge is 2.38. The van der Waals surface area contributed by atoms with Gasteiger partial charge in [-0.15, -0.1) is 0 Å². The van der Waals surface area contributed by atoms with Crippen LogP contribution in [0.5, 0.6) is 0 Å². The van der Waals surface area contributed by atoms with Gasteiger partial charge in [-0.25, -0.2) is 0 Å². The highest BCUT2D eigenvalue weighted by molar-refractivity contribution is 5.32. The van der Waals surface area contributed by atoms with Crippen LogP contribution in [0.1, 0.15) is 65.0 Å². The van der Waals surface area contributed by atoms with Gasteiger partial charge < -0.3 is 5.32 Å². The van der Waals surface area contributed by atoms with E-state index in [-0.39, 0.29) is 11.0 Å². The molecule has 2 unspecified atom stereocenters. The summed E-state index contributed by atoms with van der Waals surface area (Å²) in [5.41, 5.74) is 3.45. The minimum Gasteiger partial charge on any atom is -0.312 e. The summed E-state index contributed by atoms with van der Waals surface area (Å²) in [6.45, 7) is 14.7. The number of benzene rings is 1. The average Bonchev–Trinajstić information content (AvgIpc) is 3.04. The quantitative estimate of drug-likeness (QED) is 0.844. The largest absolute Gasteiger partial charge is 0.312 e. The lowest BCUT2D eigenvalue weighted by Crippen LogP contribution is -2.37. The Balaban J connectivity index is 1.91. The van der Waals surface area contributed by atoms with Crippen molar-refractivity contribution < 1.29 is 0 Å². The molecular formula is C18H29N. The molecule has 1 aromatic carbocycles. The van der Waals surface area contributed by atoms with Crippen molar-refractivity contribution in [3.05, 3.63) is 35.4 Å². The van der Waals surface area contributed by atoms with Crippen LogP contribution in [0, 0.1) is 5.92 Å². The third-order valence-corrected chi connectivity index (χ3v) is 4.02. The predicted molar refractivity (Wildman–Crippen MR) is 83.7 cm³/mol. The summed E-state index contributed by atoms with van der Waals surface area (Å²) in [5.74, 6) is 1.61. The Bertz CT molecular complexity index is 416. The first-order chi connectivity index (χ1) is 8.67. The Hall–Kier alpha value is -0.820. The van der Waals surface area contributed by atoms with Crippen LogP contribution < -0.4 is 5.32 Å². The van der Waals surface area contributed by atoms with Crippen molar-refractivity contribution in [3.63, 3.8) is 0 Å². The van der Waals surface area contributed by atoms with Gasteiger partial charge in [0.15, 0.2) is 0 Å². The van der Waals surface area contributed by atoms with E-state index in [1.165, 1.54) is 17.5 Å². The van der Waals surface area contributed by atoms with Crippen LogP contribution >= 0.6 is 0 Å². The van der Waals surface area contributed by atoms with Crippen LogP contribution in [0.15, 0.2) is 24.3 Å². The van der Waals surface area contributed by atoms with Gasteiger partial charge in [0.25, 0.3) is 0 Å². The normalized spacial score (nSPS) is 23.5. The minimum atomic E-state index is 0.239. The van der Waals surface area contributed by atoms with Crippen LogP contribution in [0.3, 0.4) is 0 Å². The van der Waals surface area contributed by atoms with Gasteiger partial charge in [-0.1, -0.05) is 45.0 Å². The van der Waals surface area contributed by atoms with E-state index < -0.39 is 0 Å². The van der Waals surface area contributed by atoms with Gasteiger partial charge in [0.05, 0.1) is 0 Å². The maximum absolute atomic E-state index is 3.62. The van der Waals surface area contributed by atoms with Crippen LogP contribution in [0.4, 0.5) is 0 Å². The molecule has 1 aliphatic carbocycles. The number of nitrogens with one attached hydrogen (secondary N) is 1. The average molecular weight is 259 g/mol. The van der Waals surface area contributed by atoms with Crippen LogP contribution in [-0.4, -0.2) is 12.1 Å². The minimum absolute atomic E-state index is 0.239. The van der Waals surface area contributed by atoms with E-state index >= 15 is 0 Å². The van der Waals surface area contributed by atoms with Crippen LogP contribution in [-0.2, 0) is 5.41 Å². The molecule has 1 aliphatic rings. The van der Waals surface area contributed by atoms with E-state index in [4.69, 9.17) is 0 Å². The Morgan fingerprint density at radius 2 is 1.58 bits per heavy atom. The lowest BCUT2D eigenvalue weighted by atomic mass is 9.86. The second kappa shape index (κ2) is 4.94. The molecule has 0 aliphatic heterocycles. The smallest absolute Gasteiger partial charge is 0.00966 e. The molecule has 0 saturated heterocycles. The van der Waals surface area contributed by atoms with Gasteiger partial charge in [-0.05, 0) is 62.1 Å². The predicted octanol–water partition coefficient (Wildman–Crippen LogP) is 4.48. The lowest BCUT2D eigenvalue weighted by Gasteiger charge is -2.21. The Morgan fingerprint density at radius 3 is 2.05 bits per heavy atom. The van der Waals surface area contributed by atoms with Crippen molar-refractivity contribution in [1.82, 2.24) is 5.32 Å². The highest BCUT2D eigenvalue weighted by atomic mass is 15.0. The SMILES string of the molecule is CC(C)(C)NCC1CC1c1ccc(C(C)(C)C)cc1. The third kappa shape index (κ3) is 4.07. The summed E-state index contributed by atoms with van der Waals surface area (Å²) in [4.78, 5) is 0. The fourth-order valence-electron chi connectivity index (χ4n) is 2.55. The van der Waals surface area contributed by atoms with E-state index in [9.17, 15) is 0 Å². The van der Waals surface area contributed by atoms with Crippen molar-refractivity contribution in [2.75, 3.05) is 6.54 Å². The first-order valence-corrected chi connectivity index (χ1v) is 7.52. The fourth-order valence-corrected chi connectivity index (χ4v) is 2.55. The zero-order valence-corrected chi connectivity index (χ0v) is 13.4. The van der Waals surface area contributed by atoms with Crippen molar-refractivity contribution in [1.29, 1.82) is 0 Å². The monoisotopic (exact) mass is 259 g/mol. The van der Waals surface area contributed by atoms with Gasteiger partial charge in [0.1, 0.15) is 0 Å². The molecule has 0 aromatic heterocycles. The van der Waals surface area contributed by atoms with Gasteiger partial charge in [0, 0.05) is 5.54 Å². The van der Waals surface area contributed by atoms with Gasteiger partial charge in [-0.2, -0.15) is 0 Å². The van der Waals surface area contributed by atoms with Crippen molar-refractivity contribution in [2.24, 2.45) is 5.92 Å². The molecule has 1 heteroatoms. The standard InChI is InChI=1S/C18H29N/c1-17(2,3)15-9-7-13(8-10-15)16-11-14(16)12-19-18(4,5)6/h7-10,14,16,19H,11-12H2,1-6H3. The maximum Gasteiger partial charge on any atom is 0.00966 e. The first-order valence-electron chi connectivity index (χ1n) is 7.52. The van der Waals surface area contributed by atoms with Crippen molar-refractivity contribution >= 4 is 0 Å². The molecule has 0 heterocycles. The van der Waals surface area contributed by atoms with Crippen molar-refractivity contribution in [2.45, 2.75) is 64.8 Å². The molecule has 0 amide bonds. The summed E-state index contributed by atoms with van der Waals surface area (Å²) < 4.78 is 0. The van der Waals surface area contributed by atoms with E-state index in [2.05, 4.69) is 71.1 Å². The topological polar surface area (TPSA) is 12.0 Å². The van der Waals surface area contributed by atoms with Crippen LogP contribution in [0.25, 0.3) is 0 Å². The molecule has 1 N–H and O–H groups in total. The van der Waals surface area contributed by atoms with E-state index in [0.717, 1.165) is 18.4 Å².